The van der Waals surface area contributed by atoms with Crippen LogP contribution in [0.1, 0.15) is 54.0 Å². The van der Waals surface area contributed by atoms with Crippen LogP contribution in [-0.2, 0) is 9.59 Å². The number of aliphatic hydroxyl groups excluding tert-OH is 1. The maximum Gasteiger partial charge on any atom is 0.248 e. The van der Waals surface area contributed by atoms with Crippen LogP contribution in [0.25, 0.3) is 11.3 Å². The molecule has 1 aromatic heterocycles. The lowest BCUT2D eigenvalue weighted by Gasteiger charge is -2.34. The third-order valence-electron chi connectivity index (χ3n) is 5.51. The first-order chi connectivity index (χ1) is 15.3. The van der Waals surface area contributed by atoms with Crippen LogP contribution >= 0.6 is 0 Å². The highest BCUT2D eigenvalue weighted by molar-refractivity contribution is 5.90. The fraction of sp³-hybridized carbons (Fsp3) is 0.583. The zero-order valence-corrected chi connectivity index (χ0v) is 20.5. The van der Waals surface area contributed by atoms with Gasteiger partial charge in [-0.05, 0) is 50.5 Å². The molecular formula is C24H35N5O4. The monoisotopic (exact) mass is 457 g/mol. The van der Waals surface area contributed by atoms with Gasteiger partial charge in [0, 0.05) is 25.6 Å². The third-order valence-corrected chi connectivity index (χ3v) is 5.51. The molecule has 1 aliphatic rings. The van der Waals surface area contributed by atoms with Crippen molar-refractivity contribution >= 4 is 11.8 Å². The van der Waals surface area contributed by atoms with Crippen LogP contribution in [0.15, 0.2) is 30.5 Å². The molecule has 2 heterocycles. The normalized spacial score (nSPS) is 19.9. The average molecular weight is 458 g/mol. The Kier molecular flexibility index (Phi) is 6.83. The summed E-state index contributed by atoms with van der Waals surface area (Å²) in [7, 11) is 1.53. The number of likely N-dealkylation sites (N-methyl/N-ethyl adjacent to an activating group) is 1. The van der Waals surface area contributed by atoms with Crippen molar-refractivity contribution in [3.63, 3.8) is 0 Å². The van der Waals surface area contributed by atoms with E-state index in [-0.39, 0.29) is 30.4 Å². The summed E-state index contributed by atoms with van der Waals surface area (Å²) < 4.78 is 7.43. The van der Waals surface area contributed by atoms with Crippen LogP contribution in [0.5, 0.6) is 5.75 Å². The molecule has 0 radical (unpaired) electrons. The number of ether oxygens (including phenoxy) is 1. The van der Waals surface area contributed by atoms with Crippen molar-refractivity contribution in [3.05, 3.63) is 30.5 Å². The Morgan fingerprint density at radius 3 is 2.33 bits per heavy atom. The van der Waals surface area contributed by atoms with Crippen molar-refractivity contribution in [2.45, 2.75) is 71.8 Å². The van der Waals surface area contributed by atoms with Gasteiger partial charge in [-0.15, -0.1) is 5.10 Å². The summed E-state index contributed by atoms with van der Waals surface area (Å²) in [5, 5.41) is 21.3. The molecule has 33 heavy (non-hydrogen) atoms. The Balaban J connectivity index is 1.88. The van der Waals surface area contributed by atoms with Gasteiger partial charge in [0.05, 0.1) is 12.3 Å². The van der Waals surface area contributed by atoms with E-state index in [1.807, 2.05) is 65.8 Å². The van der Waals surface area contributed by atoms with Gasteiger partial charge in [0.25, 0.3) is 0 Å². The van der Waals surface area contributed by atoms with E-state index in [0.717, 1.165) is 11.3 Å². The number of carbonyl (C=O) groups is 2. The molecular weight excluding hydrogens is 422 g/mol. The summed E-state index contributed by atoms with van der Waals surface area (Å²) in [5.41, 5.74) is 0.680. The molecule has 9 nitrogen and oxygen atoms in total. The number of nitrogens with zero attached hydrogens (tertiary/aromatic N) is 4. The lowest BCUT2D eigenvalue weighted by molar-refractivity contribution is -0.144. The second-order valence-electron chi connectivity index (χ2n) is 10.6. The number of hydrogen-bond acceptors (Lipinski definition) is 6. The molecule has 2 aromatic rings. The van der Waals surface area contributed by atoms with E-state index >= 15 is 0 Å². The molecule has 1 fully saturated rings. The highest BCUT2D eigenvalue weighted by atomic mass is 16.5. The van der Waals surface area contributed by atoms with Crippen LogP contribution in [-0.4, -0.2) is 68.2 Å². The van der Waals surface area contributed by atoms with Gasteiger partial charge in [0.15, 0.2) is 0 Å². The first-order valence-corrected chi connectivity index (χ1v) is 11.2. The zero-order valence-electron chi connectivity index (χ0n) is 20.5. The van der Waals surface area contributed by atoms with Gasteiger partial charge in [-0.2, -0.15) is 0 Å². The van der Waals surface area contributed by atoms with E-state index in [4.69, 9.17) is 4.74 Å². The Labute approximate surface area is 195 Å². The zero-order chi connectivity index (χ0) is 24.6. The van der Waals surface area contributed by atoms with Crippen LogP contribution in [0, 0.1) is 5.41 Å². The molecule has 1 saturated heterocycles. The van der Waals surface area contributed by atoms with Gasteiger partial charge in [0.2, 0.25) is 11.8 Å². The predicted octanol–water partition coefficient (Wildman–Crippen LogP) is 2.42. The maximum absolute atomic E-state index is 13.6. The van der Waals surface area contributed by atoms with E-state index in [0.29, 0.717) is 5.69 Å². The fourth-order valence-corrected chi connectivity index (χ4v) is 4.09. The molecule has 1 aliphatic heterocycles. The minimum absolute atomic E-state index is 0.111. The second kappa shape index (κ2) is 9.13. The van der Waals surface area contributed by atoms with Crippen molar-refractivity contribution in [3.8, 4) is 17.0 Å². The number of amides is 2. The van der Waals surface area contributed by atoms with Crippen LogP contribution in [0.2, 0.25) is 0 Å². The van der Waals surface area contributed by atoms with E-state index in [1.54, 1.807) is 10.9 Å². The van der Waals surface area contributed by atoms with Gasteiger partial charge in [-0.1, -0.05) is 26.0 Å². The molecule has 2 N–H and O–H groups in total. The van der Waals surface area contributed by atoms with E-state index in [1.165, 1.54) is 11.9 Å². The Hall–Kier alpha value is -2.94. The minimum atomic E-state index is -0.739. The molecule has 0 aliphatic carbocycles. The van der Waals surface area contributed by atoms with Gasteiger partial charge < -0.3 is 20.1 Å². The van der Waals surface area contributed by atoms with Crippen LogP contribution in [0.3, 0.4) is 0 Å². The lowest BCUT2D eigenvalue weighted by Crippen LogP contribution is -2.49. The molecule has 9 heteroatoms. The standard InChI is InChI=1S/C24H35N5O4/c1-23(2,3)20(22(32)28-13-16(30)12-19(28)21(31)25-7)29-14-18(26-27-29)15-8-10-17(11-9-15)33-24(4,5)6/h8-11,14,16,19-20,30H,12-13H2,1-7H3,(H,25,31)/t16-,19+,20-/m1/s1. The first kappa shape index (κ1) is 24.7. The number of aromatic nitrogens is 3. The number of aliphatic hydroxyl groups is 1. The molecule has 0 saturated carbocycles. The minimum Gasteiger partial charge on any atom is -0.488 e. The topological polar surface area (TPSA) is 110 Å². The highest BCUT2D eigenvalue weighted by Crippen LogP contribution is 2.35. The predicted molar refractivity (Wildman–Crippen MR) is 125 cm³/mol. The van der Waals surface area contributed by atoms with E-state index in [2.05, 4.69) is 15.6 Å². The summed E-state index contributed by atoms with van der Waals surface area (Å²) in [4.78, 5) is 27.4. The highest BCUT2D eigenvalue weighted by Gasteiger charge is 2.45. The van der Waals surface area contributed by atoms with Crippen molar-refractivity contribution in [2.24, 2.45) is 5.41 Å². The maximum atomic E-state index is 13.6. The Morgan fingerprint density at radius 2 is 1.79 bits per heavy atom. The summed E-state index contributed by atoms with van der Waals surface area (Å²) >= 11 is 0. The van der Waals surface area contributed by atoms with Gasteiger partial charge in [0.1, 0.15) is 29.1 Å². The number of carbonyl (C=O) groups excluding carboxylic acids is 2. The smallest absolute Gasteiger partial charge is 0.248 e. The van der Waals surface area contributed by atoms with Crippen molar-refractivity contribution in [2.75, 3.05) is 13.6 Å². The fourth-order valence-electron chi connectivity index (χ4n) is 4.09. The van der Waals surface area contributed by atoms with Crippen molar-refractivity contribution in [1.29, 1.82) is 0 Å². The van der Waals surface area contributed by atoms with E-state index in [9.17, 15) is 14.7 Å². The number of rotatable bonds is 5. The molecule has 1 aromatic carbocycles. The Bertz CT molecular complexity index is 988. The lowest BCUT2D eigenvalue weighted by atomic mass is 9.85. The van der Waals surface area contributed by atoms with Crippen molar-refractivity contribution < 1.29 is 19.4 Å². The molecule has 3 atom stereocenters. The van der Waals surface area contributed by atoms with E-state index < -0.39 is 23.6 Å². The molecule has 180 valence electrons. The first-order valence-electron chi connectivity index (χ1n) is 11.2. The van der Waals surface area contributed by atoms with Crippen LogP contribution < -0.4 is 10.1 Å². The SMILES string of the molecule is CNC(=O)[C@@H]1C[C@@H](O)CN1C(=O)[C@@H](n1cc(-c2ccc(OC(C)(C)C)cc2)nn1)C(C)(C)C. The summed E-state index contributed by atoms with van der Waals surface area (Å²) in [6.07, 6.45) is 1.22. The molecule has 2 amide bonds. The molecule has 0 unspecified atom stereocenters. The number of hydrogen-bond donors (Lipinski definition) is 2. The largest absolute Gasteiger partial charge is 0.488 e. The second-order valence-corrected chi connectivity index (χ2v) is 10.6. The number of β-amino-alcohol motifs (C(OH)–C–C–N with tert-alkyl or cyclic N) is 1. The molecule has 0 spiro atoms. The average Bonchev–Trinajstić information content (AvgIpc) is 3.33. The van der Waals surface area contributed by atoms with Gasteiger partial charge in [-0.25, -0.2) is 4.68 Å². The van der Waals surface area contributed by atoms with Gasteiger partial charge in [-0.3, -0.25) is 9.59 Å². The molecule has 0 bridgehead atoms. The number of benzene rings is 1. The number of likely N-dealkylation sites (tertiary alicyclic amines) is 1. The van der Waals surface area contributed by atoms with Gasteiger partial charge >= 0.3 is 0 Å². The van der Waals surface area contributed by atoms with Crippen LogP contribution in [0.4, 0.5) is 0 Å². The third kappa shape index (κ3) is 5.71. The summed E-state index contributed by atoms with van der Waals surface area (Å²) in [6.45, 7) is 11.9. The quantitative estimate of drug-likeness (QED) is 0.714. The number of nitrogens with one attached hydrogen (secondary N) is 1. The molecule has 3 rings (SSSR count). The summed E-state index contributed by atoms with van der Waals surface area (Å²) in [6, 6.07) is 6.17. The Morgan fingerprint density at radius 1 is 1.15 bits per heavy atom. The van der Waals surface area contributed by atoms with Crippen molar-refractivity contribution in [1.82, 2.24) is 25.2 Å². The summed E-state index contributed by atoms with van der Waals surface area (Å²) in [5.74, 6) is 0.205.